The fraction of sp³-hybridized carbons (Fsp3) is 0.611. The number of aliphatic hydroxyl groups excluding tert-OH is 1. The Morgan fingerprint density at radius 3 is 2.73 bits per heavy atom. The second-order valence-electron chi connectivity index (χ2n) is 6.67. The van der Waals surface area contributed by atoms with Crippen molar-refractivity contribution in [1.82, 2.24) is 15.5 Å². The first-order valence-electron chi connectivity index (χ1n) is 8.71. The topological polar surface area (TPSA) is 73.8 Å². The van der Waals surface area contributed by atoms with Gasteiger partial charge in [-0.15, -0.1) is 24.8 Å². The fourth-order valence-electron chi connectivity index (χ4n) is 3.46. The number of halogens is 2. The van der Waals surface area contributed by atoms with Crippen LogP contribution >= 0.6 is 24.8 Å². The van der Waals surface area contributed by atoms with Gasteiger partial charge in [-0.1, -0.05) is 29.8 Å². The van der Waals surface area contributed by atoms with Gasteiger partial charge in [-0.2, -0.15) is 0 Å². The standard InChI is InChI=1S/C18H27N3O3.2ClH/c1-13-3-2-4-14(9-13)17(21-5-7-24-8-6-21)12-20-18(23)16-10-15(22)11-19-16;;/h2-4,9,15-17,19,22H,5-8,10-12H2,1H3,(H,20,23);2*1H. The molecule has 1 aromatic rings. The highest BCUT2D eigenvalue weighted by atomic mass is 35.5. The normalized spacial score (nSPS) is 24.2. The van der Waals surface area contributed by atoms with Crippen LogP contribution in [-0.2, 0) is 9.53 Å². The summed E-state index contributed by atoms with van der Waals surface area (Å²) in [5.74, 6) is -0.0301. The van der Waals surface area contributed by atoms with Gasteiger partial charge in [0.15, 0.2) is 0 Å². The molecule has 2 saturated heterocycles. The maximum atomic E-state index is 12.3. The minimum absolute atomic E-state index is 0. The van der Waals surface area contributed by atoms with Crippen LogP contribution in [0.25, 0.3) is 0 Å². The van der Waals surface area contributed by atoms with Gasteiger partial charge >= 0.3 is 0 Å². The van der Waals surface area contributed by atoms with Gasteiger partial charge in [0.25, 0.3) is 0 Å². The van der Waals surface area contributed by atoms with Crippen LogP contribution in [0.4, 0.5) is 0 Å². The number of carbonyl (C=O) groups excluding carboxylic acids is 1. The average molecular weight is 406 g/mol. The van der Waals surface area contributed by atoms with Crippen molar-refractivity contribution in [1.29, 1.82) is 0 Å². The number of β-amino-alcohol motifs (C(OH)–C–C–N with tert-alkyl or cyclic N) is 1. The molecule has 6 nitrogen and oxygen atoms in total. The molecule has 2 aliphatic rings. The lowest BCUT2D eigenvalue weighted by Gasteiger charge is -2.35. The molecule has 2 aliphatic heterocycles. The van der Waals surface area contributed by atoms with E-state index in [0.717, 1.165) is 26.3 Å². The highest BCUT2D eigenvalue weighted by Gasteiger charge is 2.29. The van der Waals surface area contributed by atoms with Gasteiger partial charge in [0.05, 0.1) is 31.4 Å². The van der Waals surface area contributed by atoms with Crippen LogP contribution in [0, 0.1) is 6.92 Å². The molecule has 148 valence electrons. The zero-order chi connectivity index (χ0) is 16.9. The number of carbonyl (C=O) groups is 1. The Morgan fingerprint density at radius 1 is 1.38 bits per heavy atom. The first-order valence-corrected chi connectivity index (χ1v) is 8.71. The summed E-state index contributed by atoms with van der Waals surface area (Å²) < 4.78 is 5.46. The minimum atomic E-state index is -0.424. The van der Waals surface area contributed by atoms with E-state index in [1.807, 2.05) is 0 Å². The molecule has 0 aromatic heterocycles. The Hall–Kier alpha value is -0.890. The van der Waals surface area contributed by atoms with E-state index in [-0.39, 0.29) is 42.8 Å². The van der Waals surface area contributed by atoms with E-state index in [1.165, 1.54) is 11.1 Å². The van der Waals surface area contributed by atoms with Crippen molar-refractivity contribution in [3.63, 3.8) is 0 Å². The number of rotatable bonds is 5. The molecule has 2 fully saturated rings. The number of aryl methyl sites for hydroxylation is 1. The van der Waals surface area contributed by atoms with Crippen molar-refractivity contribution >= 4 is 30.7 Å². The van der Waals surface area contributed by atoms with Gasteiger partial charge < -0.3 is 20.5 Å². The maximum Gasteiger partial charge on any atom is 0.237 e. The van der Waals surface area contributed by atoms with Crippen LogP contribution in [0.3, 0.4) is 0 Å². The molecule has 1 aromatic carbocycles. The Kier molecular flexibility index (Phi) is 9.85. The van der Waals surface area contributed by atoms with Crippen LogP contribution in [0.15, 0.2) is 24.3 Å². The molecular formula is C18H29Cl2N3O3. The molecule has 1 amide bonds. The number of hydrogen-bond acceptors (Lipinski definition) is 5. The van der Waals surface area contributed by atoms with Gasteiger partial charge in [-0.3, -0.25) is 9.69 Å². The molecule has 0 aliphatic carbocycles. The number of ether oxygens (including phenoxy) is 1. The van der Waals surface area contributed by atoms with Crippen molar-refractivity contribution in [2.45, 2.75) is 31.5 Å². The SMILES string of the molecule is Cc1cccc(C(CNC(=O)C2CC(O)CN2)N2CCOCC2)c1.Cl.Cl. The number of benzene rings is 1. The van der Waals surface area contributed by atoms with Crippen molar-refractivity contribution in [2.24, 2.45) is 0 Å². The predicted molar refractivity (Wildman–Crippen MR) is 106 cm³/mol. The highest BCUT2D eigenvalue weighted by molar-refractivity contribution is 5.85. The number of aliphatic hydroxyl groups is 1. The average Bonchev–Trinajstić information content (AvgIpc) is 3.02. The quantitative estimate of drug-likeness (QED) is 0.682. The van der Waals surface area contributed by atoms with Gasteiger partial charge in [0.2, 0.25) is 5.91 Å². The van der Waals surface area contributed by atoms with Crippen molar-refractivity contribution < 1.29 is 14.6 Å². The lowest BCUT2D eigenvalue weighted by atomic mass is 10.0. The zero-order valence-electron chi connectivity index (χ0n) is 15.0. The lowest BCUT2D eigenvalue weighted by molar-refractivity contribution is -0.123. The van der Waals surface area contributed by atoms with Gasteiger partial charge in [0, 0.05) is 26.2 Å². The molecular weight excluding hydrogens is 377 g/mol. The van der Waals surface area contributed by atoms with E-state index in [9.17, 15) is 9.90 Å². The Bertz CT molecular complexity index is 570. The van der Waals surface area contributed by atoms with Crippen molar-refractivity contribution in [2.75, 3.05) is 39.4 Å². The smallest absolute Gasteiger partial charge is 0.237 e. The van der Waals surface area contributed by atoms with E-state index >= 15 is 0 Å². The van der Waals surface area contributed by atoms with E-state index in [4.69, 9.17) is 4.74 Å². The molecule has 0 bridgehead atoms. The van der Waals surface area contributed by atoms with Gasteiger partial charge in [-0.05, 0) is 18.9 Å². The zero-order valence-corrected chi connectivity index (χ0v) is 16.7. The third-order valence-electron chi connectivity index (χ3n) is 4.81. The maximum absolute atomic E-state index is 12.3. The van der Waals surface area contributed by atoms with E-state index in [1.54, 1.807) is 0 Å². The summed E-state index contributed by atoms with van der Waals surface area (Å²) in [4.78, 5) is 14.7. The fourth-order valence-corrected chi connectivity index (χ4v) is 3.46. The summed E-state index contributed by atoms with van der Waals surface area (Å²) in [6, 6.07) is 8.31. The summed E-state index contributed by atoms with van der Waals surface area (Å²) >= 11 is 0. The monoisotopic (exact) mass is 405 g/mol. The number of morpholine rings is 1. The summed E-state index contributed by atoms with van der Waals surface area (Å²) in [6.07, 6.45) is 0.0611. The van der Waals surface area contributed by atoms with E-state index in [0.29, 0.717) is 19.5 Å². The Balaban J connectivity index is 0.00000169. The third kappa shape index (κ3) is 6.08. The summed E-state index contributed by atoms with van der Waals surface area (Å²) in [6.45, 7) is 6.34. The number of nitrogens with zero attached hydrogens (tertiary/aromatic N) is 1. The predicted octanol–water partition coefficient (Wildman–Crippen LogP) is 1.05. The van der Waals surface area contributed by atoms with Gasteiger partial charge in [0.1, 0.15) is 0 Å². The van der Waals surface area contributed by atoms with Crippen LogP contribution < -0.4 is 10.6 Å². The van der Waals surface area contributed by atoms with Crippen LogP contribution in [0.1, 0.15) is 23.6 Å². The molecule has 3 atom stereocenters. The second kappa shape index (κ2) is 11.1. The van der Waals surface area contributed by atoms with Crippen LogP contribution in [0.5, 0.6) is 0 Å². The number of nitrogens with one attached hydrogen (secondary N) is 2. The summed E-state index contributed by atoms with van der Waals surface area (Å²) in [5.41, 5.74) is 2.44. The minimum Gasteiger partial charge on any atom is -0.392 e. The molecule has 0 radical (unpaired) electrons. The van der Waals surface area contributed by atoms with Crippen LogP contribution in [0.2, 0.25) is 0 Å². The second-order valence-corrected chi connectivity index (χ2v) is 6.67. The first-order chi connectivity index (χ1) is 11.6. The lowest BCUT2D eigenvalue weighted by Crippen LogP contribution is -2.47. The Labute approximate surface area is 167 Å². The van der Waals surface area contributed by atoms with Crippen LogP contribution in [-0.4, -0.2) is 67.5 Å². The van der Waals surface area contributed by atoms with E-state index in [2.05, 4.69) is 46.7 Å². The molecule has 3 N–H and O–H groups in total. The molecule has 26 heavy (non-hydrogen) atoms. The molecule has 2 heterocycles. The molecule has 3 unspecified atom stereocenters. The summed E-state index contributed by atoms with van der Waals surface area (Å²) in [5, 5.41) is 15.7. The van der Waals surface area contributed by atoms with Crippen molar-refractivity contribution in [3.8, 4) is 0 Å². The van der Waals surface area contributed by atoms with E-state index < -0.39 is 6.10 Å². The molecule has 0 saturated carbocycles. The largest absolute Gasteiger partial charge is 0.392 e. The summed E-state index contributed by atoms with van der Waals surface area (Å²) in [7, 11) is 0. The van der Waals surface area contributed by atoms with Crippen molar-refractivity contribution in [3.05, 3.63) is 35.4 Å². The van der Waals surface area contributed by atoms with Gasteiger partial charge in [-0.25, -0.2) is 0 Å². The molecule has 3 rings (SSSR count). The third-order valence-corrected chi connectivity index (χ3v) is 4.81. The molecule has 8 heteroatoms. The first kappa shape index (κ1) is 23.1. The number of amides is 1. The highest BCUT2D eigenvalue weighted by Crippen LogP contribution is 2.22. The Morgan fingerprint density at radius 2 is 2.12 bits per heavy atom. The molecule has 0 spiro atoms. The number of hydrogen-bond donors (Lipinski definition) is 3.